The fourth-order valence-electron chi connectivity index (χ4n) is 9.15. The number of rotatable bonds is 7. The summed E-state index contributed by atoms with van der Waals surface area (Å²) in [5, 5.41) is 6.60. The van der Waals surface area contributed by atoms with Crippen LogP contribution in [0.2, 0.25) is 0 Å². The lowest BCUT2D eigenvalue weighted by molar-refractivity contribution is 0.577. The summed E-state index contributed by atoms with van der Waals surface area (Å²) in [6.07, 6.45) is 4.27. The average molecular weight is 811 g/mol. The molecular weight excluding hydrogens is 769 g/mol. The highest BCUT2D eigenvalue weighted by Gasteiger charge is 2.21. The van der Waals surface area contributed by atoms with Crippen molar-refractivity contribution in [1.82, 2.24) is 19.5 Å². The minimum absolute atomic E-state index is 0.562. The third-order valence-electron chi connectivity index (χ3n) is 12.2. The van der Waals surface area contributed by atoms with Gasteiger partial charge in [0.05, 0.1) is 11.0 Å². The van der Waals surface area contributed by atoms with Crippen molar-refractivity contribution in [2.75, 3.05) is 0 Å². The first kappa shape index (κ1) is 37.8. The van der Waals surface area contributed by atoms with Crippen LogP contribution in [0.25, 0.3) is 107 Å². The lowest BCUT2D eigenvalue weighted by Crippen LogP contribution is -2.21. The van der Waals surface area contributed by atoms with E-state index in [4.69, 9.17) is 19.4 Å². The maximum Gasteiger partial charge on any atom is 0.238 e. The van der Waals surface area contributed by atoms with Crippen LogP contribution in [0.1, 0.15) is 23.6 Å². The van der Waals surface area contributed by atoms with Crippen LogP contribution in [-0.4, -0.2) is 19.5 Å². The molecule has 0 aliphatic carbocycles. The van der Waals surface area contributed by atoms with Crippen LogP contribution in [0, 0.1) is 13.8 Å². The van der Waals surface area contributed by atoms with Crippen molar-refractivity contribution in [3.63, 3.8) is 0 Å². The van der Waals surface area contributed by atoms with Crippen molar-refractivity contribution in [3.05, 3.63) is 215 Å². The molecule has 0 amide bonds. The summed E-state index contributed by atoms with van der Waals surface area (Å²) < 4.78 is 8.61. The monoisotopic (exact) mass is 810 g/mol. The van der Waals surface area contributed by atoms with Gasteiger partial charge in [0.2, 0.25) is 5.95 Å². The highest BCUT2D eigenvalue weighted by molar-refractivity contribution is 6.21. The van der Waals surface area contributed by atoms with E-state index in [1.165, 1.54) is 33.0 Å². The van der Waals surface area contributed by atoms with Crippen LogP contribution in [0.15, 0.2) is 192 Å². The molecule has 63 heavy (non-hydrogen) atoms. The van der Waals surface area contributed by atoms with Crippen LogP contribution in [-0.2, 0) is 0 Å². The van der Waals surface area contributed by atoms with Crippen molar-refractivity contribution in [2.24, 2.45) is 0 Å². The number of benzene rings is 8. The van der Waals surface area contributed by atoms with Gasteiger partial charge in [0.25, 0.3) is 0 Å². The Morgan fingerprint density at radius 2 is 1.17 bits per heavy atom. The topological polar surface area (TPSA) is 56.7 Å². The number of furan rings is 1. The number of nitrogens with zero attached hydrogens (tertiary/aromatic N) is 4. The zero-order chi connectivity index (χ0) is 42.6. The van der Waals surface area contributed by atoms with E-state index in [0.717, 1.165) is 71.4 Å². The maximum absolute atomic E-state index is 6.42. The number of hydrogen-bond donors (Lipinski definition) is 0. The van der Waals surface area contributed by atoms with Gasteiger partial charge in [-0.2, -0.15) is 9.97 Å². The molecule has 0 aliphatic rings. The number of allylic oxidation sites excluding steroid dienone is 2. The summed E-state index contributed by atoms with van der Waals surface area (Å²) in [5.41, 5.74) is 14.6. The van der Waals surface area contributed by atoms with Crippen molar-refractivity contribution in [1.29, 1.82) is 0 Å². The third-order valence-corrected chi connectivity index (χ3v) is 12.2. The van der Waals surface area contributed by atoms with Crippen LogP contribution < -0.4 is 10.6 Å². The quantitative estimate of drug-likeness (QED) is 0.161. The Balaban J connectivity index is 1.13. The number of fused-ring (bicyclic) bond motifs is 6. The SMILES string of the molecule is C=c1oc2ccc(-c3ccc4c(c3)c3c5ccccc5ccc3n4-c3nc(-c4ccccc4)nc(-c4ccccc4)n3)cc2/c1=C(/C=C\C)c1ccc(C)c(-c2ccccc2C)c1. The highest BCUT2D eigenvalue weighted by atomic mass is 16.3. The van der Waals surface area contributed by atoms with Gasteiger partial charge in [0, 0.05) is 32.5 Å². The molecule has 11 aromatic rings. The molecule has 0 N–H and O–H groups in total. The molecule has 0 unspecified atom stereocenters. The summed E-state index contributed by atoms with van der Waals surface area (Å²) in [7, 11) is 0. The number of aryl methyl sites for hydroxylation is 2. The first-order chi connectivity index (χ1) is 30.9. The largest absolute Gasteiger partial charge is 0.457 e. The predicted octanol–water partition coefficient (Wildman–Crippen LogP) is 13.3. The zero-order valence-corrected chi connectivity index (χ0v) is 35.3. The minimum Gasteiger partial charge on any atom is -0.457 e. The van der Waals surface area contributed by atoms with Gasteiger partial charge in [-0.15, -0.1) is 0 Å². The molecule has 0 fully saturated rings. The molecule has 0 aliphatic heterocycles. The van der Waals surface area contributed by atoms with Crippen molar-refractivity contribution < 1.29 is 4.42 Å². The maximum atomic E-state index is 6.42. The van der Waals surface area contributed by atoms with E-state index in [2.05, 4.69) is 159 Å². The van der Waals surface area contributed by atoms with Crippen LogP contribution in [0.4, 0.5) is 0 Å². The second-order valence-corrected chi connectivity index (χ2v) is 16.1. The molecule has 3 heterocycles. The normalized spacial score (nSPS) is 12.3. The molecule has 0 bridgehead atoms. The Bertz CT molecular complexity index is 3670. The van der Waals surface area contributed by atoms with Crippen LogP contribution in [0.3, 0.4) is 0 Å². The van der Waals surface area contributed by atoms with Gasteiger partial charge in [0.15, 0.2) is 11.6 Å². The molecule has 3 aromatic heterocycles. The fraction of sp³-hybridized carbons (Fsp3) is 0.0517. The Morgan fingerprint density at radius 1 is 0.540 bits per heavy atom. The van der Waals surface area contributed by atoms with Crippen molar-refractivity contribution >= 4 is 55.7 Å². The molecule has 0 spiro atoms. The number of aromatic nitrogens is 4. The Kier molecular flexibility index (Phi) is 9.24. The van der Waals surface area contributed by atoms with E-state index in [0.29, 0.717) is 23.0 Å². The van der Waals surface area contributed by atoms with Gasteiger partial charge >= 0.3 is 0 Å². The average Bonchev–Trinajstić information content (AvgIpc) is 3.85. The lowest BCUT2D eigenvalue weighted by atomic mass is 9.91. The Hall–Kier alpha value is -8.15. The van der Waals surface area contributed by atoms with E-state index in [-0.39, 0.29) is 0 Å². The zero-order valence-electron chi connectivity index (χ0n) is 35.3. The van der Waals surface area contributed by atoms with Gasteiger partial charge in [-0.3, -0.25) is 4.57 Å². The molecule has 5 heteroatoms. The van der Waals surface area contributed by atoms with E-state index in [1.807, 2.05) is 60.7 Å². The molecule has 0 atom stereocenters. The summed E-state index contributed by atoms with van der Waals surface area (Å²) in [6.45, 7) is 10.9. The van der Waals surface area contributed by atoms with E-state index in [1.54, 1.807) is 0 Å². The van der Waals surface area contributed by atoms with Gasteiger partial charge in [-0.1, -0.05) is 158 Å². The highest BCUT2D eigenvalue weighted by Crippen LogP contribution is 2.39. The van der Waals surface area contributed by atoms with Gasteiger partial charge in [-0.25, -0.2) is 4.98 Å². The van der Waals surface area contributed by atoms with Gasteiger partial charge in [0.1, 0.15) is 11.0 Å². The Labute approximate surface area is 365 Å². The summed E-state index contributed by atoms with van der Waals surface area (Å²) in [4.78, 5) is 15.4. The molecule has 300 valence electrons. The predicted molar refractivity (Wildman–Crippen MR) is 261 cm³/mol. The molecule has 11 rings (SSSR count). The molecule has 5 nitrogen and oxygen atoms in total. The van der Waals surface area contributed by atoms with Gasteiger partial charge < -0.3 is 4.42 Å². The Morgan fingerprint density at radius 3 is 1.90 bits per heavy atom. The van der Waals surface area contributed by atoms with E-state index in [9.17, 15) is 0 Å². The molecule has 0 saturated heterocycles. The van der Waals surface area contributed by atoms with Crippen molar-refractivity contribution in [2.45, 2.75) is 20.8 Å². The minimum atomic E-state index is 0.562. The van der Waals surface area contributed by atoms with Crippen LogP contribution in [0.5, 0.6) is 0 Å². The number of hydrogen-bond acceptors (Lipinski definition) is 4. The first-order valence-electron chi connectivity index (χ1n) is 21.3. The second kappa shape index (κ2) is 15.4. The first-order valence-corrected chi connectivity index (χ1v) is 21.3. The summed E-state index contributed by atoms with van der Waals surface area (Å²) >= 11 is 0. The van der Waals surface area contributed by atoms with E-state index < -0.39 is 0 Å². The fourth-order valence-corrected chi connectivity index (χ4v) is 9.15. The third kappa shape index (κ3) is 6.53. The second-order valence-electron chi connectivity index (χ2n) is 16.1. The molecular formula is C58H42N4O. The summed E-state index contributed by atoms with van der Waals surface area (Å²) in [6, 6.07) is 61.7. The molecule has 0 saturated carbocycles. The van der Waals surface area contributed by atoms with E-state index >= 15 is 0 Å². The van der Waals surface area contributed by atoms with Crippen LogP contribution >= 0.6 is 0 Å². The lowest BCUT2D eigenvalue weighted by Gasteiger charge is -2.12. The smallest absolute Gasteiger partial charge is 0.238 e. The molecule has 0 radical (unpaired) electrons. The summed E-state index contributed by atoms with van der Waals surface area (Å²) in [5.74, 6) is 1.80. The molecule has 8 aromatic carbocycles. The van der Waals surface area contributed by atoms with Gasteiger partial charge in [-0.05, 0) is 112 Å². The standard InChI is InChI=1S/C58H42N4O/c1-5-16-46(44-26-25-37(3)48(35-44)45-23-14-12-17-36(45)2)54-38(4)63-53-32-29-43(34-50(53)54)42-28-30-51-49(33-42)55-47-24-15-13-18-39(47)27-31-52(55)62(51)58-60-56(40-19-8-6-9-20-40)59-57(61-58)41-21-10-7-11-22-41/h5-35H,4H2,1-3H3/b16-5-,54-46-. The van der Waals surface area contributed by atoms with Crippen molar-refractivity contribution in [3.8, 4) is 51.0 Å².